The van der Waals surface area contributed by atoms with Crippen LogP contribution in [-0.4, -0.2) is 100 Å². The van der Waals surface area contributed by atoms with Crippen molar-refractivity contribution >= 4 is 11.9 Å². The summed E-state index contributed by atoms with van der Waals surface area (Å²) in [5.74, 6) is -0.179. The third-order valence-corrected chi connectivity index (χ3v) is 20.3. The van der Waals surface area contributed by atoms with Crippen molar-refractivity contribution in [3.05, 3.63) is 72.9 Å². The van der Waals surface area contributed by atoms with Gasteiger partial charge in [-0.15, -0.1) is 0 Å². The van der Waals surface area contributed by atoms with Crippen molar-refractivity contribution in [2.45, 2.75) is 461 Å². The Morgan fingerprint density at radius 1 is 0.370 bits per heavy atom. The molecular weight excluding hydrogens is 1240 g/mol. The molecule has 1 heterocycles. The van der Waals surface area contributed by atoms with E-state index >= 15 is 0 Å². The molecule has 0 aliphatic carbocycles. The van der Waals surface area contributed by atoms with Gasteiger partial charge in [-0.3, -0.25) is 9.59 Å². The van der Waals surface area contributed by atoms with E-state index in [9.17, 15) is 35.1 Å². The second kappa shape index (κ2) is 77.2. The first kappa shape index (κ1) is 95.1. The minimum atomic E-state index is -1.58. The summed E-state index contributed by atoms with van der Waals surface area (Å²) in [6, 6.07) is -0.827. The fourth-order valence-electron chi connectivity index (χ4n) is 13.5. The predicted molar refractivity (Wildman–Crippen MR) is 426 cm³/mol. The standard InChI is InChI=1S/C89H163NO10/c1-3-5-7-9-11-13-15-17-19-20-45-49-53-57-61-65-69-73-77-85(94)98-78-74-70-66-62-58-54-50-46-43-41-39-37-35-33-31-29-27-25-23-21-22-24-26-28-30-32-34-36-38-40-42-44-48-52-56-60-64-68-72-76-84(93)90-81(80-99-89-88(97)87(96)86(95)83(79-91)100-89)82(92)75-71-67-63-59-55-51-47-18-16-14-12-10-8-6-4-2/h13,15,19-22,25,27,55,59,71,75,81-83,86-89,91-92,95-97H,3-12,14,16-18,23-24,26,28-54,56-58,60-70,72-74,76-80H2,1-2H3,(H,90,93)/b15-13-,20-19-,22-21-,27-25-,59-55+,75-71+. The molecule has 584 valence electrons. The van der Waals surface area contributed by atoms with Crippen LogP contribution in [0.25, 0.3) is 0 Å². The zero-order chi connectivity index (χ0) is 72.2. The lowest BCUT2D eigenvalue weighted by molar-refractivity contribution is -0.302. The van der Waals surface area contributed by atoms with Crippen LogP contribution in [0, 0.1) is 0 Å². The normalized spacial score (nSPS) is 17.4. The number of nitrogens with one attached hydrogen (secondary N) is 1. The Bertz CT molecular complexity index is 1900. The zero-order valence-corrected chi connectivity index (χ0v) is 65.4. The van der Waals surface area contributed by atoms with Crippen LogP contribution in [0.1, 0.15) is 418 Å². The number of aliphatic hydroxyl groups excluding tert-OH is 5. The van der Waals surface area contributed by atoms with Gasteiger partial charge < -0.3 is 45.1 Å². The van der Waals surface area contributed by atoms with Crippen molar-refractivity contribution in [3.63, 3.8) is 0 Å². The van der Waals surface area contributed by atoms with E-state index in [2.05, 4.69) is 79.9 Å². The topological polar surface area (TPSA) is 175 Å². The van der Waals surface area contributed by atoms with Crippen LogP contribution >= 0.6 is 0 Å². The highest BCUT2D eigenvalue weighted by Gasteiger charge is 2.44. The fourth-order valence-corrected chi connectivity index (χ4v) is 13.5. The lowest BCUT2D eigenvalue weighted by atomic mass is 9.99. The van der Waals surface area contributed by atoms with Crippen LogP contribution < -0.4 is 5.32 Å². The van der Waals surface area contributed by atoms with E-state index in [0.29, 0.717) is 19.4 Å². The molecule has 11 nitrogen and oxygen atoms in total. The molecule has 6 N–H and O–H groups in total. The van der Waals surface area contributed by atoms with Gasteiger partial charge in [-0.25, -0.2) is 0 Å². The third-order valence-electron chi connectivity index (χ3n) is 20.3. The van der Waals surface area contributed by atoms with Crippen LogP contribution in [0.15, 0.2) is 72.9 Å². The Hall–Kier alpha value is -2.90. The number of carbonyl (C=O) groups is 2. The molecule has 1 aliphatic rings. The van der Waals surface area contributed by atoms with E-state index in [1.54, 1.807) is 6.08 Å². The molecule has 0 aromatic rings. The first-order chi connectivity index (χ1) is 49.2. The Balaban J connectivity index is 1.90. The van der Waals surface area contributed by atoms with Gasteiger partial charge in [0.15, 0.2) is 6.29 Å². The summed E-state index contributed by atoms with van der Waals surface area (Å²) in [7, 11) is 0. The van der Waals surface area contributed by atoms with Crippen molar-refractivity contribution in [1.29, 1.82) is 0 Å². The highest BCUT2D eigenvalue weighted by molar-refractivity contribution is 5.76. The van der Waals surface area contributed by atoms with Crippen molar-refractivity contribution in [1.82, 2.24) is 5.32 Å². The number of hydrogen-bond donors (Lipinski definition) is 6. The number of carbonyl (C=O) groups excluding carboxylic acids is 2. The van der Waals surface area contributed by atoms with Crippen LogP contribution in [0.4, 0.5) is 0 Å². The number of amides is 1. The number of hydrogen-bond acceptors (Lipinski definition) is 10. The minimum Gasteiger partial charge on any atom is -0.466 e. The van der Waals surface area contributed by atoms with Gasteiger partial charge in [-0.1, -0.05) is 369 Å². The van der Waals surface area contributed by atoms with Gasteiger partial charge in [-0.2, -0.15) is 0 Å². The van der Waals surface area contributed by atoms with Gasteiger partial charge in [0.2, 0.25) is 5.91 Å². The van der Waals surface area contributed by atoms with E-state index in [-0.39, 0.29) is 18.5 Å². The van der Waals surface area contributed by atoms with Gasteiger partial charge in [0, 0.05) is 12.8 Å². The second-order valence-electron chi connectivity index (χ2n) is 29.9. The molecule has 0 aromatic carbocycles. The van der Waals surface area contributed by atoms with Crippen LogP contribution in [0.5, 0.6) is 0 Å². The van der Waals surface area contributed by atoms with E-state index in [4.69, 9.17) is 14.2 Å². The molecular formula is C89H163NO10. The van der Waals surface area contributed by atoms with Gasteiger partial charge in [0.25, 0.3) is 0 Å². The molecule has 11 heteroatoms. The fraction of sp³-hybridized carbons (Fsp3) is 0.843. The molecule has 1 rings (SSSR count). The average Bonchev–Trinajstić information content (AvgIpc) is 0.822. The molecule has 0 spiro atoms. The summed E-state index contributed by atoms with van der Waals surface area (Å²) in [5.41, 5.74) is 0. The molecule has 1 fully saturated rings. The van der Waals surface area contributed by atoms with Crippen molar-refractivity contribution in [2.24, 2.45) is 0 Å². The SMILES string of the molecule is CCCCCC/C=C\C/C=C\CCCCCCCCCC(=O)OCCCCCCCCCCCCCCCCC/C=C\C/C=C\CCCCCCCCCCCCCCCCCCCC(=O)NC(COC1OC(CO)C(O)C(O)C1O)C(O)/C=C/CC/C=C/CCCCCCCCCCC. The van der Waals surface area contributed by atoms with E-state index in [1.165, 1.54) is 321 Å². The first-order valence-corrected chi connectivity index (χ1v) is 43.2. The predicted octanol–water partition coefficient (Wildman–Crippen LogP) is 24.1. The maximum Gasteiger partial charge on any atom is 0.305 e. The van der Waals surface area contributed by atoms with Crippen LogP contribution in [0.3, 0.4) is 0 Å². The van der Waals surface area contributed by atoms with Crippen molar-refractivity contribution in [3.8, 4) is 0 Å². The highest BCUT2D eigenvalue weighted by Crippen LogP contribution is 2.24. The van der Waals surface area contributed by atoms with Crippen LogP contribution in [-0.2, 0) is 23.8 Å². The van der Waals surface area contributed by atoms with E-state index in [0.717, 1.165) is 70.6 Å². The summed E-state index contributed by atoms with van der Waals surface area (Å²) in [4.78, 5) is 25.2. The summed E-state index contributed by atoms with van der Waals surface area (Å²) in [6.45, 7) is 4.36. The molecule has 1 amide bonds. The summed E-state index contributed by atoms with van der Waals surface area (Å²) in [6.07, 6.45) is 96.6. The number of rotatable bonds is 77. The Morgan fingerprint density at radius 3 is 1.06 bits per heavy atom. The zero-order valence-electron chi connectivity index (χ0n) is 65.4. The molecule has 0 saturated carbocycles. The lowest BCUT2D eigenvalue weighted by Gasteiger charge is -2.40. The van der Waals surface area contributed by atoms with Crippen molar-refractivity contribution in [2.75, 3.05) is 19.8 Å². The van der Waals surface area contributed by atoms with Gasteiger partial charge >= 0.3 is 5.97 Å². The van der Waals surface area contributed by atoms with Crippen LogP contribution in [0.2, 0.25) is 0 Å². The van der Waals surface area contributed by atoms with E-state index in [1.807, 2.05) is 6.08 Å². The Morgan fingerprint density at radius 2 is 0.680 bits per heavy atom. The Kier molecular flexibility index (Phi) is 73.4. The summed E-state index contributed by atoms with van der Waals surface area (Å²) >= 11 is 0. The van der Waals surface area contributed by atoms with Crippen molar-refractivity contribution < 1.29 is 49.3 Å². The number of esters is 1. The molecule has 1 saturated heterocycles. The van der Waals surface area contributed by atoms with Gasteiger partial charge in [0.05, 0.1) is 32.0 Å². The highest BCUT2D eigenvalue weighted by atomic mass is 16.7. The average molecular weight is 1410 g/mol. The molecule has 7 unspecified atom stereocenters. The summed E-state index contributed by atoms with van der Waals surface area (Å²) < 4.78 is 16.8. The lowest BCUT2D eigenvalue weighted by Crippen LogP contribution is -2.60. The Labute approximate surface area is 617 Å². The molecule has 7 atom stereocenters. The monoisotopic (exact) mass is 1410 g/mol. The number of aliphatic hydroxyl groups is 5. The third kappa shape index (κ3) is 64.7. The number of allylic oxidation sites excluding steroid dienone is 11. The maximum atomic E-state index is 13.1. The van der Waals surface area contributed by atoms with E-state index < -0.39 is 49.5 Å². The first-order valence-electron chi connectivity index (χ1n) is 43.2. The van der Waals surface area contributed by atoms with Gasteiger partial charge in [0.1, 0.15) is 24.4 Å². The summed E-state index contributed by atoms with van der Waals surface area (Å²) in [5, 5.41) is 54.6. The molecule has 1 aliphatic heterocycles. The largest absolute Gasteiger partial charge is 0.466 e. The molecule has 0 radical (unpaired) electrons. The minimum absolute atomic E-state index is 0.00732. The number of ether oxygens (including phenoxy) is 3. The van der Waals surface area contributed by atoms with Gasteiger partial charge in [-0.05, 0) is 109 Å². The molecule has 0 aromatic heterocycles. The smallest absolute Gasteiger partial charge is 0.305 e. The molecule has 100 heavy (non-hydrogen) atoms. The second-order valence-corrected chi connectivity index (χ2v) is 29.9. The quantitative estimate of drug-likeness (QED) is 0.0195. The maximum absolute atomic E-state index is 13.1. The number of unbranched alkanes of at least 4 members (excludes halogenated alkanes) is 53. The molecule has 0 bridgehead atoms.